The summed E-state index contributed by atoms with van der Waals surface area (Å²) in [5.74, 6) is -0.540. The average Bonchev–Trinajstić information content (AvgIpc) is 2.88. The van der Waals surface area contributed by atoms with Crippen molar-refractivity contribution in [2.24, 2.45) is 5.16 Å². The van der Waals surface area contributed by atoms with Crippen LogP contribution in [0, 0.1) is 5.82 Å². The van der Waals surface area contributed by atoms with Gasteiger partial charge >= 0.3 is 0 Å². The molecule has 0 saturated carbocycles. The number of oxime groups is 1. The number of fused-ring (bicyclic) bond motifs is 1. The molecule has 118 valence electrons. The van der Waals surface area contributed by atoms with Gasteiger partial charge in [-0.15, -0.1) is 0 Å². The Balaban J connectivity index is 1.61. The molecular weight excluding hydrogens is 295 g/mol. The van der Waals surface area contributed by atoms with Gasteiger partial charge in [0, 0.05) is 17.3 Å². The van der Waals surface area contributed by atoms with E-state index in [1.54, 1.807) is 23.1 Å². The first-order chi connectivity index (χ1) is 11.2. The summed E-state index contributed by atoms with van der Waals surface area (Å²) in [6.45, 7) is 1.82. The highest BCUT2D eigenvalue weighted by atomic mass is 19.1. The fourth-order valence-electron chi connectivity index (χ4n) is 2.78. The van der Waals surface area contributed by atoms with Gasteiger partial charge in [-0.2, -0.15) is 0 Å². The summed E-state index contributed by atoms with van der Waals surface area (Å²) in [5, 5.41) is 3.68. The lowest BCUT2D eigenvalue weighted by Crippen LogP contribution is -2.37. The van der Waals surface area contributed by atoms with Gasteiger partial charge in [0.15, 0.2) is 6.61 Å². The molecule has 3 rings (SSSR count). The summed E-state index contributed by atoms with van der Waals surface area (Å²) >= 11 is 0. The number of anilines is 1. The second-order valence-corrected chi connectivity index (χ2v) is 5.48. The fraction of sp³-hybridized carbons (Fsp3) is 0.222. The van der Waals surface area contributed by atoms with Crippen molar-refractivity contribution in [3.63, 3.8) is 0 Å². The maximum atomic E-state index is 13.4. The second kappa shape index (κ2) is 6.60. The lowest BCUT2D eigenvalue weighted by atomic mass is 10.1. The second-order valence-electron chi connectivity index (χ2n) is 5.48. The highest BCUT2D eigenvalue weighted by Crippen LogP contribution is 2.31. The van der Waals surface area contributed by atoms with E-state index in [4.69, 9.17) is 4.84 Å². The molecule has 2 aromatic rings. The number of carbonyl (C=O) groups is 1. The maximum absolute atomic E-state index is 13.4. The highest BCUT2D eigenvalue weighted by Gasteiger charge is 2.30. The largest absolute Gasteiger partial charge is 0.386 e. The number of benzene rings is 2. The quantitative estimate of drug-likeness (QED) is 0.643. The number of hydrogen-bond acceptors (Lipinski definition) is 3. The van der Waals surface area contributed by atoms with Gasteiger partial charge in [0.2, 0.25) is 0 Å². The van der Waals surface area contributed by atoms with E-state index in [0.717, 1.165) is 17.7 Å². The SMILES string of the molecule is C[C@@H]1Cc2ccccc2N1C(=O)CO/N=C\c1ccccc1F. The molecule has 0 radical (unpaired) electrons. The zero-order valence-corrected chi connectivity index (χ0v) is 12.8. The minimum absolute atomic E-state index is 0.0963. The van der Waals surface area contributed by atoms with Crippen LogP contribution in [0.1, 0.15) is 18.1 Å². The average molecular weight is 312 g/mol. The first kappa shape index (κ1) is 15.2. The third kappa shape index (κ3) is 3.23. The molecule has 1 heterocycles. The van der Waals surface area contributed by atoms with Crippen LogP contribution < -0.4 is 4.90 Å². The predicted molar refractivity (Wildman–Crippen MR) is 87.0 cm³/mol. The Kier molecular flexibility index (Phi) is 4.37. The molecule has 0 N–H and O–H groups in total. The minimum Gasteiger partial charge on any atom is -0.386 e. The van der Waals surface area contributed by atoms with Gasteiger partial charge in [-0.3, -0.25) is 4.79 Å². The third-order valence-corrected chi connectivity index (χ3v) is 3.84. The zero-order valence-electron chi connectivity index (χ0n) is 12.8. The van der Waals surface area contributed by atoms with E-state index in [-0.39, 0.29) is 24.4 Å². The van der Waals surface area contributed by atoms with Crippen molar-refractivity contribution in [3.8, 4) is 0 Å². The van der Waals surface area contributed by atoms with Gasteiger partial charge < -0.3 is 9.74 Å². The van der Waals surface area contributed by atoms with E-state index in [0.29, 0.717) is 5.56 Å². The molecule has 0 saturated heterocycles. The molecule has 2 aromatic carbocycles. The number of amides is 1. The minimum atomic E-state index is -0.381. The molecule has 23 heavy (non-hydrogen) atoms. The van der Waals surface area contributed by atoms with E-state index in [1.807, 2.05) is 31.2 Å². The van der Waals surface area contributed by atoms with Crippen molar-refractivity contribution in [2.75, 3.05) is 11.5 Å². The van der Waals surface area contributed by atoms with Crippen molar-refractivity contribution in [3.05, 3.63) is 65.5 Å². The number of para-hydroxylation sites is 1. The normalized spacial score (nSPS) is 16.6. The summed E-state index contributed by atoms with van der Waals surface area (Å²) in [7, 11) is 0. The fourth-order valence-corrected chi connectivity index (χ4v) is 2.78. The van der Waals surface area contributed by atoms with Gasteiger partial charge in [0.25, 0.3) is 5.91 Å². The van der Waals surface area contributed by atoms with Crippen molar-refractivity contribution < 1.29 is 14.0 Å². The highest BCUT2D eigenvalue weighted by molar-refractivity contribution is 5.97. The van der Waals surface area contributed by atoms with Gasteiger partial charge in [-0.1, -0.05) is 41.6 Å². The first-order valence-electron chi connectivity index (χ1n) is 7.46. The smallest absolute Gasteiger partial charge is 0.268 e. The van der Waals surface area contributed by atoms with Crippen LogP contribution in [-0.2, 0) is 16.1 Å². The molecule has 5 heteroatoms. The van der Waals surface area contributed by atoms with Crippen molar-refractivity contribution in [2.45, 2.75) is 19.4 Å². The molecule has 0 aliphatic carbocycles. The number of carbonyl (C=O) groups excluding carboxylic acids is 1. The number of nitrogens with zero attached hydrogens (tertiary/aromatic N) is 2. The summed E-state index contributed by atoms with van der Waals surface area (Å²) in [5.41, 5.74) is 2.40. The van der Waals surface area contributed by atoms with Gasteiger partial charge in [-0.05, 0) is 31.0 Å². The lowest BCUT2D eigenvalue weighted by molar-refractivity contribution is -0.123. The lowest BCUT2D eigenvalue weighted by Gasteiger charge is -2.21. The Hall–Kier alpha value is -2.69. The van der Waals surface area contributed by atoms with Crippen LogP contribution in [0.5, 0.6) is 0 Å². The summed E-state index contributed by atoms with van der Waals surface area (Å²) in [4.78, 5) is 19.1. The molecule has 4 nitrogen and oxygen atoms in total. The van der Waals surface area contributed by atoms with Crippen LogP contribution in [0.25, 0.3) is 0 Å². The topological polar surface area (TPSA) is 41.9 Å². The summed E-state index contributed by atoms with van der Waals surface area (Å²) in [6, 6.07) is 14.2. The Morgan fingerprint density at radius 3 is 2.87 bits per heavy atom. The molecule has 0 fully saturated rings. The zero-order chi connectivity index (χ0) is 16.2. The number of halogens is 1. The molecule has 0 unspecified atom stereocenters. The summed E-state index contributed by atoms with van der Waals surface area (Å²) < 4.78 is 13.4. The molecule has 1 atom stereocenters. The molecule has 0 spiro atoms. The molecule has 1 aliphatic heterocycles. The van der Waals surface area contributed by atoms with Crippen LogP contribution in [0.3, 0.4) is 0 Å². The Morgan fingerprint density at radius 1 is 1.30 bits per heavy atom. The van der Waals surface area contributed by atoms with Crippen LogP contribution in [0.4, 0.5) is 10.1 Å². The van der Waals surface area contributed by atoms with E-state index < -0.39 is 0 Å². The van der Waals surface area contributed by atoms with Crippen LogP contribution in [-0.4, -0.2) is 24.8 Å². The van der Waals surface area contributed by atoms with E-state index in [1.165, 1.54) is 12.3 Å². The molecule has 1 aliphatic rings. The molecule has 1 amide bonds. The number of hydrogen-bond donors (Lipinski definition) is 0. The van der Waals surface area contributed by atoms with Crippen molar-refractivity contribution >= 4 is 17.8 Å². The van der Waals surface area contributed by atoms with Crippen molar-refractivity contribution in [1.29, 1.82) is 0 Å². The van der Waals surface area contributed by atoms with Gasteiger partial charge in [-0.25, -0.2) is 4.39 Å². The predicted octanol–water partition coefficient (Wildman–Crippen LogP) is 3.15. The Bertz CT molecular complexity index is 745. The van der Waals surface area contributed by atoms with Crippen LogP contribution in [0.2, 0.25) is 0 Å². The van der Waals surface area contributed by atoms with Crippen LogP contribution >= 0.6 is 0 Å². The van der Waals surface area contributed by atoms with E-state index in [9.17, 15) is 9.18 Å². The van der Waals surface area contributed by atoms with Crippen molar-refractivity contribution in [1.82, 2.24) is 0 Å². The van der Waals surface area contributed by atoms with E-state index >= 15 is 0 Å². The van der Waals surface area contributed by atoms with Crippen LogP contribution in [0.15, 0.2) is 53.7 Å². The Labute approximate surface area is 134 Å². The maximum Gasteiger partial charge on any atom is 0.268 e. The standard InChI is InChI=1S/C18H17FN2O2/c1-13-10-14-6-3-5-9-17(14)21(13)18(22)12-23-20-11-15-7-2-4-8-16(15)19/h2-9,11,13H,10,12H2,1H3/b20-11-/t13-/m1/s1. The summed E-state index contributed by atoms with van der Waals surface area (Å²) in [6.07, 6.45) is 2.10. The molecule has 0 bridgehead atoms. The van der Waals surface area contributed by atoms with E-state index in [2.05, 4.69) is 5.16 Å². The van der Waals surface area contributed by atoms with Gasteiger partial charge in [0.05, 0.1) is 6.21 Å². The number of rotatable bonds is 4. The monoisotopic (exact) mass is 312 g/mol. The third-order valence-electron chi connectivity index (χ3n) is 3.84. The molecule has 0 aromatic heterocycles. The Morgan fingerprint density at radius 2 is 2.04 bits per heavy atom. The van der Waals surface area contributed by atoms with Gasteiger partial charge in [0.1, 0.15) is 5.82 Å². The first-order valence-corrected chi connectivity index (χ1v) is 7.46. The molecular formula is C18H17FN2O2.